The van der Waals surface area contributed by atoms with E-state index in [0.717, 1.165) is 25.7 Å². The third-order valence-corrected chi connectivity index (χ3v) is 6.05. The summed E-state index contributed by atoms with van der Waals surface area (Å²) in [6.45, 7) is 3.29. The number of carbonyl (C=O) groups is 2. The Hall–Kier alpha value is -0.950. The van der Waals surface area contributed by atoms with E-state index in [1.54, 1.807) is 16.7 Å². The number of hydrogen-bond donors (Lipinski definition) is 2. The van der Waals surface area contributed by atoms with Crippen molar-refractivity contribution in [3.8, 4) is 0 Å². The molecule has 0 aromatic heterocycles. The first-order valence-corrected chi connectivity index (χ1v) is 8.58. The fourth-order valence-electron chi connectivity index (χ4n) is 2.99. The van der Waals surface area contributed by atoms with Gasteiger partial charge in [-0.3, -0.25) is 4.90 Å². The molecule has 6 nitrogen and oxygen atoms in total. The minimum absolute atomic E-state index is 0.0227. The smallest absolute Gasteiger partial charge is 0.327 e. The molecular weight excluding hydrogens is 292 g/mol. The summed E-state index contributed by atoms with van der Waals surface area (Å²) in [4.78, 5) is 25.7. The second-order valence-electron chi connectivity index (χ2n) is 6.43. The fourth-order valence-corrected chi connectivity index (χ4v) is 4.62. The topological polar surface area (TPSA) is 78.9 Å². The van der Waals surface area contributed by atoms with Crippen LogP contribution >= 0.6 is 11.8 Å². The molecule has 2 amide bonds. The van der Waals surface area contributed by atoms with Crippen molar-refractivity contribution in [1.82, 2.24) is 10.2 Å². The fraction of sp³-hybridized carbons (Fsp3) is 0.857. The van der Waals surface area contributed by atoms with Crippen molar-refractivity contribution in [2.45, 2.75) is 49.6 Å². The normalized spacial score (nSPS) is 32.0. The highest BCUT2D eigenvalue weighted by Gasteiger charge is 2.49. The number of aliphatic carboxylic acids is 1. The Morgan fingerprint density at radius 3 is 2.57 bits per heavy atom. The van der Waals surface area contributed by atoms with Gasteiger partial charge in [0.05, 0.1) is 5.37 Å². The lowest BCUT2D eigenvalue weighted by Gasteiger charge is -2.37. The molecule has 3 rings (SSSR count). The number of carboxylic acids is 1. The van der Waals surface area contributed by atoms with Crippen LogP contribution in [-0.4, -0.2) is 57.9 Å². The van der Waals surface area contributed by atoms with E-state index in [4.69, 9.17) is 4.74 Å². The number of thioether (sulfide) groups is 1. The van der Waals surface area contributed by atoms with Crippen LogP contribution in [0.3, 0.4) is 0 Å². The van der Waals surface area contributed by atoms with Crippen LogP contribution in [0, 0.1) is 5.92 Å². The Bertz CT molecular complexity index is 435. The van der Waals surface area contributed by atoms with Gasteiger partial charge in [0.1, 0.15) is 6.04 Å². The number of ether oxygens (including phenoxy) is 1. The molecule has 0 spiro atoms. The Kier molecular flexibility index (Phi) is 4.05. The molecule has 21 heavy (non-hydrogen) atoms. The maximum atomic E-state index is 12.7. The van der Waals surface area contributed by atoms with Crippen LogP contribution in [0.1, 0.15) is 32.6 Å². The van der Waals surface area contributed by atoms with Gasteiger partial charge in [-0.2, -0.15) is 0 Å². The zero-order chi connectivity index (χ0) is 15.0. The number of amides is 2. The molecule has 2 N–H and O–H groups in total. The largest absolute Gasteiger partial charge is 0.480 e. The first kappa shape index (κ1) is 15.0. The van der Waals surface area contributed by atoms with Gasteiger partial charge in [0.2, 0.25) is 0 Å². The molecule has 3 aliphatic rings. The summed E-state index contributed by atoms with van der Waals surface area (Å²) in [6.07, 6.45) is 3.73. The summed E-state index contributed by atoms with van der Waals surface area (Å²) in [7, 11) is 0. The molecule has 0 aromatic rings. The van der Waals surface area contributed by atoms with E-state index >= 15 is 0 Å². The summed E-state index contributed by atoms with van der Waals surface area (Å²) in [6, 6.07) is -0.933. The second-order valence-corrected chi connectivity index (χ2v) is 7.58. The zero-order valence-corrected chi connectivity index (χ0v) is 13.0. The highest BCUT2D eigenvalue weighted by atomic mass is 32.2. The SMILES string of the molecule is CC1(NC(=O)N2C(C(=O)O)CSC2C2CC2)CCOCC1. The van der Waals surface area contributed by atoms with Gasteiger partial charge in [0.15, 0.2) is 0 Å². The van der Waals surface area contributed by atoms with E-state index in [0.29, 0.717) is 24.9 Å². The number of hydrogen-bond acceptors (Lipinski definition) is 4. The van der Waals surface area contributed by atoms with Crippen LogP contribution in [0.4, 0.5) is 4.79 Å². The van der Waals surface area contributed by atoms with Crippen molar-refractivity contribution in [2.75, 3.05) is 19.0 Å². The van der Waals surface area contributed by atoms with Crippen LogP contribution in [-0.2, 0) is 9.53 Å². The average Bonchev–Trinajstić information content (AvgIpc) is 3.17. The molecule has 3 fully saturated rings. The number of urea groups is 1. The highest BCUT2D eigenvalue weighted by molar-refractivity contribution is 8.00. The Morgan fingerprint density at radius 1 is 1.33 bits per heavy atom. The second kappa shape index (κ2) is 5.68. The molecule has 2 saturated heterocycles. The average molecular weight is 314 g/mol. The monoisotopic (exact) mass is 314 g/mol. The van der Waals surface area contributed by atoms with E-state index in [1.807, 2.05) is 6.92 Å². The third kappa shape index (κ3) is 3.13. The van der Waals surface area contributed by atoms with E-state index in [2.05, 4.69) is 5.32 Å². The van der Waals surface area contributed by atoms with E-state index < -0.39 is 12.0 Å². The summed E-state index contributed by atoms with van der Waals surface area (Å²) in [5.74, 6) is 0.0505. The summed E-state index contributed by atoms with van der Waals surface area (Å²) in [5, 5.41) is 12.5. The molecule has 0 bridgehead atoms. The minimum atomic E-state index is -0.905. The van der Waals surface area contributed by atoms with Gasteiger partial charge < -0.3 is 15.2 Å². The van der Waals surface area contributed by atoms with Gasteiger partial charge >= 0.3 is 12.0 Å². The summed E-state index contributed by atoms with van der Waals surface area (Å²) < 4.78 is 5.34. The number of rotatable bonds is 3. The minimum Gasteiger partial charge on any atom is -0.480 e. The maximum Gasteiger partial charge on any atom is 0.327 e. The quantitative estimate of drug-likeness (QED) is 0.825. The van der Waals surface area contributed by atoms with Crippen LogP contribution in [0.5, 0.6) is 0 Å². The maximum absolute atomic E-state index is 12.7. The standard InChI is InChI=1S/C14H22N2O4S/c1-14(4-6-20-7-5-14)15-13(19)16-10(12(17)18)8-21-11(16)9-2-3-9/h9-11H,2-8H2,1H3,(H,15,19)(H,17,18). The Balaban J connectivity index is 1.71. The molecule has 7 heteroatoms. The molecule has 1 aliphatic carbocycles. The van der Waals surface area contributed by atoms with Crippen LogP contribution in [0.25, 0.3) is 0 Å². The number of carboxylic acid groups (broad SMARTS) is 1. The van der Waals surface area contributed by atoms with Crippen LogP contribution in [0.15, 0.2) is 0 Å². The van der Waals surface area contributed by atoms with Gasteiger partial charge in [0.25, 0.3) is 0 Å². The number of nitrogens with zero attached hydrogens (tertiary/aromatic N) is 1. The molecule has 2 atom stereocenters. The van der Waals surface area contributed by atoms with Gasteiger partial charge in [-0.25, -0.2) is 9.59 Å². The third-order valence-electron chi connectivity index (χ3n) is 4.58. The molecule has 0 aromatic carbocycles. The van der Waals surface area contributed by atoms with Crippen molar-refractivity contribution in [1.29, 1.82) is 0 Å². The molecule has 2 unspecified atom stereocenters. The lowest BCUT2D eigenvalue weighted by molar-refractivity contribution is -0.141. The molecule has 2 heterocycles. The van der Waals surface area contributed by atoms with E-state index in [1.165, 1.54) is 0 Å². The predicted octanol–water partition coefficient (Wildman–Crippen LogP) is 1.50. The van der Waals surface area contributed by atoms with Gasteiger partial charge in [0, 0.05) is 24.5 Å². The summed E-state index contributed by atoms with van der Waals surface area (Å²) >= 11 is 1.61. The lowest BCUT2D eigenvalue weighted by Crippen LogP contribution is -2.58. The molecular formula is C14H22N2O4S. The van der Waals surface area contributed by atoms with Crippen molar-refractivity contribution in [3.63, 3.8) is 0 Å². The Morgan fingerprint density at radius 2 is 2.00 bits per heavy atom. The zero-order valence-electron chi connectivity index (χ0n) is 12.2. The molecule has 0 radical (unpaired) electrons. The first-order valence-electron chi connectivity index (χ1n) is 7.53. The molecule has 2 aliphatic heterocycles. The van der Waals surface area contributed by atoms with Crippen LogP contribution < -0.4 is 5.32 Å². The van der Waals surface area contributed by atoms with E-state index in [9.17, 15) is 14.7 Å². The number of nitrogens with one attached hydrogen (secondary N) is 1. The first-order chi connectivity index (χ1) is 10.0. The van der Waals surface area contributed by atoms with Crippen molar-refractivity contribution < 1.29 is 19.4 Å². The highest BCUT2D eigenvalue weighted by Crippen LogP contribution is 2.45. The van der Waals surface area contributed by atoms with Gasteiger partial charge in [-0.05, 0) is 38.5 Å². The number of carbonyl (C=O) groups excluding carboxylic acids is 1. The van der Waals surface area contributed by atoms with Crippen molar-refractivity contribution in [3.05, 3.63) is 0 Å². The lowest BCUT2D eigenvalue weighted by atomic mass is 9.93. The van der Waals surface area contributed by atoms with Crippen molar-refractivity contribution in [2.24, 2.45) is 5.92 Å². The summed E-state index contributed by atoms with van der Waals surface area (Å²) in [5.41, 5.74) is -0.292. The van der Waals surface area contributed by atoms with Gasteiger partial charge in [-0.1, -0.05) is 0 Å². The molecule has 1 saturated carbocycles. The van der Waals surface area contributed by atoms with Crippen LogP contribution in [0.2, 0.25) is 0 Å². The predicted molar refractivity (Wildman–Crippen MR) is 79.2 cm³/mol. The van der Waals surface area contributed by atoms with E-state index in [-0.39, 0.29) is 16.9 Å². The Labute approximate surface area is 128 Å². The van der Waals surface area contributed by atoms with Gasteiger partial charge in [-0.15, -0.1) is 11.8 Å². The van der Waals surface area contributed by atoms with Crippen molar-refractivity contribution >= 4 is 23.8 Å². The molecule has 118 valence electrons.